The number of nitrogens with zero attached hydrogens (tertiary/aromatic N) is 3. The summed E-state index contributed by atoms with van der Waals surface area (Å²) < 4.78 is 7.25. The topological polar surface area (TPSA) is 72.4 Å². The van der Waals surface area contributed by atoms with Crippen molar-refractivity contribution in [1.82, 2.24) is 19.9 Å². The lowest BCUT2D eigenvalue weighted by atomic mass is 9.81. The first-order chi connectivity index (χ1) is 12.6. The van der Waals surface area contributed by atoms with Crippen LogP contribution < -0.4 is 5.32 Å². The van der Waals surface area contributed by atoms with Crippen LogP contribution in [0.1, 0.15) is 59.1 Å². The van der Waals surface area contributed by atoms with Gasteiger partial charge in [0.15, 0.2) is 5.65 Å². The number of hydrogen-bond donors (Lipinski definition) is 1. The minimum absolute atomic E-state index is 0.0920. The third kappa shape index (κ3) is 3.23. The van der Waals surface area contributed by atoms with E-state index >= 15 is 0 Å². The average Bonchev–Trinajstić information content (AvgIpc) is 3.30. The molecule has 1 aliphatic rings. The SMILES string of the molecule is Cc1cc(C)n2ncc(C(=O)NCC3CCC(c4ccco4)CC3)c2n1. The molecule has 6 nitrogen and oxygen atoms in total. The van der Waals surface area contributed by atoms with Gasteiger partial charge in [0.2, 0.25) is 0 Å². The van der Waals surface area contributed by atoms with Crippen molar-refractivity contribution in [2.45, 2.75) is 45.4 Å². The number of aryl methyl sites for hydroxylation is 2. The average molecular weight is 352 g/mol. The predicted octanol–water partition coefficient (Wildman–Crippen LogP) is 3.64. The van der Waals surface area contributed by atoms with Gasteiger partial charge < -0.3 is 9.73 Å². The normalized spacial score (nSPS) is 20.4. The number of furan rings is 1. The number of fused-ring (bicyclic) bond motifs is 1. The van der Waals surface area contributed by atoms with Crippen LogP contribution >= 0.6 is 0 Å². The van der Waals surface area contributed by atoms with Crippen molar-refractivity contribution in [1.29, 1.82) is 0 Å². The molecule has 4 rings (SSSR count). The molecule has 0 aliphatic heterocycles. The Morgan fingerprint density at radius 2 is 2.12 bits per heavy atom. The highest BCUT2D eigenvalue weighted by atomic mass is 16.3. The number of rotatable bonds is 4. The number of carbonyl (C=O) groups excluding carboxylic acids is 1. The molecule has 1 saturated carbocycles. The number of aromatic nitrogens is 3. The molecule has 136 valence electrons. The number of carbonyl (C=O) groups is 1. The molecule has 3 aromatic rings. The molecule has 0 aromatic carbocycles. The van der Waals surface area contributed by atoms with Gasteiger partial charge in [-0.05, 0) is 63.6 Å². The van der Waals surface area contributed by atoms with Gasteiger partial charge in [-0.15, -0.1) is 0 Å². The molecule has 1 amide bonds. The van der Waals surface area contributed by atoms with E-state index in [-0.39, 0.29) is 5.91 Å². The van der Waals surface area contributed by atoms with Crippen molar-refractivity contribution in [2.75, 3.05) is 6.54 Å². The zero-order valence-electron chi connectivity index (χ0n) is 15.2. The summed E-state index contributed by atoms with van der Waals surface area (Å²) in [7, 11) is 0. The second-order valence-electron chi connectivity index (χ2n) is 7.28. The van der Waals surface area contributed by atoms with Gasteiger partial charge in [-0.1, -0.05) is 0 Å². The smallest absolute Gasteiger partial charge is 0.256 e. The van der Waals surface area contributed by atoms with Gasteiger partial charge in [0.1, 0.15) is 11.3 Å². The third-order valence-corrected chi connectivity index (χ3v) is 5.37. The first-order valence-electron chi connectivity index (χ1n) is 9.25. The molecule has 3 heterocycles. The molecule has 0 bridgehead atoms. The summed E-state index contributed by atoms with van der Waals surface area (Å²) in [5.74, 6) is 2.04. The molecule has 26 heavy (non-hydrogen) atoms. The van der Waals surface area contributed by atoms with E-state index in [1.807, 2.05) is 26.0 Å². The third-order valence-electron chi connectivity index (χ3n) is 5.37. The number of nitrogens with one attached hydrogen (secondary N) is 1. The van der Waals surface area contributed by atoms with Crippen LogP contribution in [-0.2, 0) is 0 Å². The zero-order chi connectivity index (χ0) is 18.1. The summed E-state index contributed by atoms with van der Waals surface area (Å²) in [6.07, 6.45) is 7.80. The molecule has 1 aliphatic carbocycles. The van der Waals surface area contributed by atoms with E-state index in [4.69, 9.17) is 4.42 Å². The zero-order valence-corrected chi connectivity index (χ0v) is 15.2. The van der Waals surface area contributed by atoms with Gasteiger partial charge in [0.25, 0.3) is 5.91 Å². The van der Waals surface area contributed by atoms with Crippen LogP contribution in [0.5, 0.6) is 0 Å². The Kier molecular flexibility index (Phi) is 4.49. The fourth-order valence-electron chi connectivity index (χ4n) is 3.94. The molecule has 0 saturated heterocycles. The van der Waals surface area contributed by atoms with Crippen LogP contribution in [0.4, 0.5) is 0 Å². The molecular weight excluding hydrogens is 328 g/mol. The van der Waals surface area contributed by atoms with Crippen LogP contribution in [0, 0.1) is 19.8 Å². The fraction of sp³-hybridized carbons (Fsp3) is 0.450. The van der Waals surface area contributed by atoms with Crippen LogP contribution in [0.2, 0.25) is 0 Å². The molecule has 0 spiro atoms. The van der Waals surface area contributed by atoms with Crippen molar-refractivity contribution in [3.8, 4) is 0 Å². The van der Waals surface area contributed by atoms with Gasteiger partial charge in [-0.2, -0.15) is 5.10 Å². The summed E-state index contributed by atoms with van der Waals surface area (Å²) in [6, 6.07) is 5.98. The van der Waals surface area contributed by atoms with E-state index in [9.17, 15) is 4.79 Å². The van der Waals surface area contributed by atoms with Crippen molar-refractivity contribution < 1.29 is 9.21 Å². The Morgan fingerprint density at radius 1 is 1.31 bits per heavy atom. The summed E-state index contributed by atoms with van der Waals surface area (Å²) >= 11 is 0. The van der Waals surface area contributed by atoms with E-state index in [0.29, 0.717) is 29.6 Å². The highest BCUT2D eigenvalue weighted by Gasteiger charge is 2.25. The van der Waals surface area contributed by atoms with Gasteiger partial charge in [-0.3, -0.25) is 4.79 Å². The maximum atomic E-state index is 12.6. The number of hydrogen-bond acceptors (Lipinski definition) is 4. The molecule has 0 unspecified atom stereocenters. The molecule has 1 N–H and O–H groups in total. The summed E-state index contributed by atoms with van der Waals surface area (Å²) in [4.78, 5) is 17.1. The monoisotopic (exact) mass is 352 g/mol. The van der Waals surface area contributed by atoms with Gasteiger partial charge in [-0.25, -0.2) is 9.50 Å². The van der Waals surface area contributed by atoms with E-state index in [1.54, 1.807) is 17.0 Å². The lowest BCUT2D eigenvalue weighted by Crippen LogP contribution is -2.31. The van der Waals surface area contributed by atoms with Crippen LogP contribution in [0.3, 0.4) is 0 Å². The maximum Gasteiger partial charge on any atom is 0.256 e. The summed E-state index contributed by atoms with van der Waals surface area (Å²) in [6.45, 7) is 4.60. The molecule has 0 radical (unpaired) electrons. The second kappa shape index (κ2) is 6.94. The van der Waals surface area contributed by atoms with Crippen LogP contribution in [0.25, 0.3) is 5.65 Å². The Hall–Kier alpha value is -2.63. The quantitative estimate of drug-likeness (QED) is 0.778. The lowest BCUT2D eigenvalue weighted by Gasteiger charge is -2.27. The minimum atomic E-state index is -0.0920. The van der Waals surface area contributed by atoms with Gasteiger partial charge >= 0.3 is 0 Å². The Bertz CT molecular complexity index is 905. The number of amides is 1. The van der Waals surface area contributed by atoms with Gasteiger partial charge in [0.05, 0.1) is 12.5 Å². The minimum Gasteiger partial charge on any atom is -0.469 e. The highest BCUT2D eigenvalue weighted by molar-refractivity contribution is 5.99. The van der Waals surface area contributed by atoms with E-state index < -0.39 is 0 Å². The van der Waals surface area contributed by atoms with Crippen LogP contribution in [-0.4, -0.2) is 27.0 Å². The highest BCUT2D eigenvalue weighted by Crippen LogP contribution is 2.35. The van der Waals surface area contributed by atoms with Crippen molar-refractivity contribution in [3.05, 3.63) is 53.4 Å². The summed E-state index contributed by atoms with van der Waals surface area (Å²) in [5.41, 5.74) is 3.03. The Labute approximate surface area is 152 Å². The molecule has 0 atom stereocenters. The molecular formula is C20H24N4O2. The summed E-state index contributed by atoms with van der Waals surface area (Å²) in [5, 5.41) is 7.38. The predicted molar refractivity (Wildman–Crippen MR) is 98.2 cm³/mol. The van der Waals surface area contributed by atoms with Gasteiger partial charge in [0, 0.05) is 23.9 Å². The van der Waals surface area contributed by atoms with Crippen molar-refractivity contribution in [3.63, 3.8) is 0 Å². The second-order valence-corrected chi connectivity index (χ2v) is 7.28. The van der Waals surface area contributed by atoms with E-state index in [2.05, 4.69) is 21.5 Å². The first-order valence-corrected chi connectivity index (χ1v) is 9.25. The molecule has 6 heteroatoms. The van der Waals surface area contributed by atoms with E-state index in [0.717, 1.165) is 42.8 Å². The Balaban J connectivity index is 1.36. The maximum absolute atomic E-state index is 12.6. The fourth-order valence-corrected chi connectivity index (χ4v) is 3.94. The van der Waals surface area contributed by atoms with Crippen LogP contribution in [0.15, 0.2) is 35.1 Å². The standard InChI is InChI=1S/C20H24N4O2/c1-13-10-14(2)24-19(23-13)17(12-22-24)20(25)21-11-15-5-7-16(8-6-15)18-4-3-9-26-18/h3-4,9-10,12,15-16H,5-8,11H2,1-2H3,(H,21,25). The molecule has 3 aromatic heterocycles. The van der Waals surface area contributed by atoms with Crippen molar-refractivity contribution >= 4 is 11.6 Å². The van der Waals surface area contributed by atoms with E-state index in [1.165, 1.54) is 0 Å². The lowest BCUT2D eigenvalue weighted by molar-refractivity contribution is 0.0944. The molecule has 1 fully saturated rings. The Morgan fingerprint density at radius 3 is 2.85 bits per heavy atom. The first kappa shape index (κ1) is 16.8. The largest absolute Gasteiger partial charge is 0.469 e. The van der Waals surface area contributed by atoms with Crippen molar-refractivity contribution in [2.24, 2.45) is 5.92 Å².